The molecule has 0 aliphatic rings. The number of ether oxygens (including phenoxy) is 2. The van der Waals surface area contributed by atoms with Gasteiger partial charge in [0.15, 0.2) is 6.10 Å². The van der Waals surface area contributed by atoms with Crippen molar-refractivity contribution >= 4 is 5.91 Å². The van der Waals surface area contributed by atoms with Gasteiger partial charge in [-0.05, 0) is 56.0 Å². The van der Waals surface area contributed by atoms with Crippen molar-refractivity contribution in [1.82, 2.24) is 5.32 Å². The molecule has 0 aliphatic heterocycles. The predicted octanol–water partition coefficient (Wildman–Crippen LogP) is 4.85. The van der Waals surface area contributed by atoms with Gasteiger partial charge in [-0.25, -0.2) is 0 Å². The Morgan fingerprint density at radius 1 is 1.00 bits per heavy atom. The number of nitrogens with one attached hydrogen (secondary N) is 1. The molecule has 0 unspecified atom stereocenters. The summed E-state index contributed by atoms with van der Waals surface area (Å²) < 4.78 is 11.4. The minimum atomic E-state index is -0.569. The first-order chi connectivity index (χ1) is 12.4. The third-order valence-corrected chi connectivity index (χ3v) is 4.26. The molecule has 0 heterocycles. The molecule has 2 atom stereocenters. The summed E-state index contributed by atoms with van der Waals surface area (Å²) in [5, 5.41) is 3.01. The molecule has 4 nitrogen and oxygen atoms in total. The molecule has 1 N–H and O–H groups in total. The van der Waals surface area contributed by atoms with Crippen molar-refractivity contribution in [3.05, 3.63) is 59.7 Å². The van der Waals surface area contributed by atoms with Crippen molar-refractivity contribution in [3.8, 4) is 11.5 Å². The third-order valence-electron chi connectivity index (χ3n) is 4.26. The summed E-state index contributed by atoms with van der Waals surface area (Å²) in [4.78, 5) is 12.5. The quantitative estimate of drug-likeness (QED) is 0.736. The van der Waals surface area contributed by atoms with Gasteiger partial charge in [0.05, 0.1) is 12.6 Å². The van der Waals surface area contributed by atoms with E-state index in [1.165, 1.54) is 0 Å². The van der Waals surface area contributed by atoms with E-state index in [0.29, 0.717) is 12.5 Å². The SMILES string of the molecule is CCOc1ccc([C@@H](C)NC(=O)[C@@H](C)Oc2ccccc2C(C)C)cc1. The van der Waals surface area contributed by atoms with Crippen LogP contribution >= 0.6 is 0 Å². The highest BCUT2D eigenvalue weighted by atomic mass is 16.5. The molecule has 140 valence electrons. The minimum absolute atomic E-state index is 0.107. The van der Waals surface area contributed by atoms with Crippen molar-refractivity contribution in [2.24, 2.45) is 0 Å². The maximum atomic E-state index is 12.5. The van der Waals surface area contributed by atoms with Crippen LogP contribution in [0.5, 0.6) is 11.5 Å². The molecule has 2 aromatic carbocycles. The molecule has 26 heavy (non-hydrogen) atoms. The maximum Gasteiger partial charge on any atom is 0.261 e. The van der Waals surface area contributed by atoms with Gasteiger partial charge in [0.25, 0.3) is 5.91 Å². The minimum Gasteiger partial charge on any atom is -0.494 e. The Kier molecular flexibility index (Phi) is 7.07. The van der Waals surface area contributed by atoms with E-state index in [1.807, 2.05) is 62.4 Å². The topological polar surface area (TPSA) is 47.6 Å². The molecule has 1 amide bonds. The Bertz CT molecular complexity index is 710. The fraction of sp³-hybridized carbons (Fsp3) is 0.409. The molecule has 0 aliphatic carbocycles. The Morgan fingerprint density at radius 3 is 2.27 bits per heavy atom. The Hall–Kier alpha value is -2.49. The van der Waals surface area contributed by atoms with Crippen molar-refractivity contribution in [3.63, 3.8) is 0 Å². The molecule has 4 heteroatoms. The van der Waals surface area contributed by atoms with Crippen LogP contribution in [-0.4, -0.2) is 18.6 Å². The van der Waals surface area contributed by atoms with Crippen LogP contribution in [0.3, 0.4) is 0 Å². The number of carbonyl (C=O) groups is 1. The summed E-state index contributed by atoms with van der Waals surface area (Å²) in [5.74, 6) is 1.80. The number of hydrogen-bond donors (Lipinski definition) is 1. The number of rotatable bonds is 8. The lowest BCUT2D eigenvalue weighted by molar-refractivity contribution is -0.127. The number of benzene rings is 2. The van der Waals surface area contributed by atoms with Crippen LogP contribution in [0, 0.1) is 0 Å². The lowest BCUT2D eigenvalue weighted by atomic mass is 10.0. The summed E-state index contributed by atoms with van der Waals surface area (Å²) in [7, 11) is 0. The zero-order chi connectivity index (χ0) is 19.1. The summed E-state index contributed by atoms with van der Waals surface area (Å²) in [6, 6.07) is 15.5. The largest absolute Gasteiger partial charge is 0.494 e. The zero-order valence-electron chi connectivity index (χ0n) is 16.3. The highest BCUT2D eigenvalue weighted by Gasteiger charge is 2.19. The molecular weight excluding hydrogens is 326 g/mol. The standard InChI is InChI=1S/C22H29NO3/c1-6-25-19-13-11-18(12-14-19)16(4)23-22(24)17(5)26-21-10-8-7-9-20(21)15(2)3/h7-17H,6H2,1-5H3,(H,23,24)/t16-,17-/m1/s1. The number of amides is 1. The molecule has 0 fully saturated rings. The number of hydrogen-bond acceptors (Lipinski definition) is 3. The normalized spacial score (nSPS) is 13.2. The second kappa shape index (κ2) is 9.27. The number of para-hydroxylation sites is 1. The van der Waals surface area contributed by atoms with E-state index < -0.39 is 6.10 Å². The lowest BCUT2D eigenvalue weighted by Crippen LogP contribution is -2.37. The average molecular weight is 355 g/mol. The maximum absolute atomic E-state index is 12.5. The second-order valence-electron chi connectivity index (χ2n) is 6.68. The summed E-state index contributed by atoms with van der Waals surface area (Å²) in [6.07, 6.45) is -0.569. The molecule has 0 spiro atoms. The van der Waals surface area contributed by atoms with Gasteiger partial charge in [-0.3, -0.25) is 4.79 Å². The highest BCUT2D eigenvalue weighted by Crippen LogP contribution is 2.27. The summed E-state index contributed by atoms with van der Waals surface area (Å²) in [6.45, 7) is 10.6. The van der Waals surface area contributed by atoms with E-state index in [1.54, 1.807) is 6.92 Å². The first-order valence-corrected chi connectivity index (χ1v) is 9.21. The van der Waals surface area contributed by atoms with Crippen LogP contribution in [0.4, 0.5) is 0 Å². The van der Waals surface area contributed by atoms with E-state index in [2.05, 4.69) is 19.2 Å². The molecular formula is C22H29NO3. The van der Waals surface area contributed by atoms with Gasteiger partial charge in [0, 0.05) is 0 Å². The molecule has 0 aromatic heterocycles. The van der Waals surface area contributed by atoms with Crippen molar-refractivity contribution in [2.75, 3.05) is 6.61 Å². The van der Waals surface area contributed by atoms with Crippen LogP contribution in [0.1, 0.15) is 57.7 Å². The Morgan fingerprint density at radius 2 is 1.65 bits per heavy atom. The monoisotopic (exact) mass is 355 g/mol. The van der Waals surface area contributed by atoms with Crippen molar-refractivity contribution in [2.45, 2.75) is 52.7 Å². The predicted molar refractivity (Wildman–Crippen MR) is 105 cm³/mol. The third kappa shape index (κ3) is 5.25. The van der Waals surface area contributed by atoms with Crippen molar-refractivity contribution in [1.29, 1.82) is 0 Å². The van der Waals surface area contributed by atoms with Crippen LogP contribution < -0.4 is 14.8 Å². The van der Waals surface area contributed by atoms with Gasteiger partial charge in [-0.15, -0.1) is 0 Å². The fourth-order valence-corrected chi connectivity index (χ4v) is 2.74. The van der Waals surface area contributed by atoms with Gasteiger partial charge in [-0.2, -0.15) is 0 Å². The van der Waals surface area contributed by atoms with Gasteiger partial charge in [-0.1, -0.05) is 44.2 Å². The first-order valence-electron chi connectivity index (χ1n) is 9.21. The van der Waals surface area contributed by atoms with E-state index in [-0.39, 0.29) is 11.9 Å². The fourth-order valence-electron chi connectivity index (χ4n) is 2.74. The first kappa shape index (κ1) is 19.8. The summed E-state index contributed by atoms with van der Waals surface area (Å²) in [5.41, 5.74) is 2.13. The van der Waals surface area contributed by atoms with E-state index in [9.17, 15) is 4.79 Å². The summed E-state index contributed by atoms with van der Waals surface area (Å²) >= 11 is 0. The Labute approximate surface area is 156 Å². The molecule has 0 saturated heterocycles. The van der Waals surface area contributed by atoms with E-state index in [0.717, 1.165) is 22.6 Å². The van der Waals surface area contributed by atoms with Gasteiger partial charge in [0.2, 0.25) is 0 Å². The van der Waals surface area contributed by atoms with Gasteiger partial charge in [0.1, 0.15) is 11.5 Å². The van der Waals surface area contributed by atoms with Crippen LogP contribution in [0.25, 0.3) is 0 Å². The lowest BCUT2D eigenvalue weighted by Gasteiger charge is -2.21. The molecule has 0 saturated carbocycles. The molecule has 2 aromatic rings. The zero-order valence-corrected chi connectivity index (χ0v) is 16.3. The van der Waals surface area contributed by atoms with E-state index in [4.69, 9.17) is 9.47 Å². The second-order valence-corrected chi connectivity index (χ2v) is 6.68. The number of carbonyl (C=O) groups excluding carboxylic acids is 1. The smallest absolute Gasteiger partial charge is 0.261 e. The van der Waals surface area contributed by atoms with Gasteiger partial charge >= 0.3 is 0 Å². The Balaban J connectivity index is 1.98. The average Bonchev–Trinajstić information content (AvgIpc) is 2.62. The van der Waals surface area contributed by atoms with Crippen LogP contribution in [0.15, 0.2) is 48.5 Å². The molecule has 0 bridgehead atoms. The van der Waals surface area contributed by atoms with Crippen molar-refractivity contribution < 1.29 is 14.3 Å². The highest BCUT2D eigenvalue weighted by molar-refractivity contribution is 5.81. The molecule has 2 rings (SSSR count). The van der Waals surface area contributed by atoms with Crippen LogP contribution in [-0.2, 0) is 4.79 Å². The van der Waals surface area contributed by atoms with E-state index >= 15 is 0 Å². The van der Waals surface area contributed by atoms with Crippen LogP contribution in [0.2, 0.25) is 0 Å². The van der Waals surface area contributed by atoms with Gasteiger partial charge < -0.3 is 14.8 Å². The molecule has 0 radical (unpaired) electrons.